The van der Waals surface area contributed by atoms with E-state index in [0.717, 1.165) is 62.1 Å². The van der Waals surface area contributed by atoms with Gasteiger partial charge in [-0.15, -0.1) is 0 Å². The number of carbonyl (C=O) groups is 2. The predicted octanol–water partition coefficient (Wildman–Crippen LogP) is 3.42. The first-order valence-corrected chi connectivity index (χ1v) is 11.5. The van der Waals surface area contributed by atoms with Crippen LogP contribution in [-0.2, 0) is 16.0 Å². The van der Waals surface area contributed by atoms with E-state index in [-0.39, 0.29) is 17.9 Å². The Bertz CT molecular complexity index is 773. The molecule has 6 heteroatoms. The van der Waals surface area contributed by atoms with E-state index in [1.807, 2.05) is 18.2 Å². The highest BCUT2D eigenvalue weighted by Crippen LogP contribution is 2.45. The highest BCUT2D eigenvalue weighted by Gasteiger charge is 2.51. The molecule has 0 N–H and O–H groups in total. The predicted molar refractivity (Wildman–Crippen MR) is 115 cm³/mol. The Kier molecular flexibility index (Phi) is 6.32. The highest BCUT2D eigenvalue weighted by atomic mass is 16.5. The van der Waals surface area contributed by atoms with Crippen LogP contribution in [0.2, 0.25) is 0 Å². The summed E-state index contributed by atoms with van der Waals surface area (Å²) in [4.78, 5) is 29.8. The maximum Gasteiger partial charge on any atom is 0.235 e. The van der Waals surface area contributed by atoms with Gasteiger partial charge in [-0.3, -0.25) is 19.4 Å². The van der Waals surface area contributed by atoms with Crippen LogP contribution < -0.4 is 9.47 Å². The molecule has 0 bridgehead atoms. The molecule has 2 fully saturated rings. The number of amides is 2. The Balaban J connectivity index is 1.43. The van der Waals surface area contributed by atoms with E-state index in [9.17, 15) is 9.59 Å². The van der Waals surface area contributed by atoms with Crippen molar-refractivity contribution in [3.05, 3.63) is 23.8 Å². The Morgan fingerprint density at radius 1 is 1.20 bits per heavy atom. The van der Waals surface area contributed by atoms with Gasteiger partial charge in [0.05, 0.1) is 12.5 Å². The van der Waals surface area contributed by atoms with Crippen molar-refractivity contribution in [2.75, 3.05) is 33.4 Å². The largest absolute Gasteiger partial charge is 0.496 e. The van der Waals surface area contributed by atoms with E-state index < -0.39 is 5.41 Å². The van der Waals surface area contributed by atoms with Crippen LogP contribution in [0.1, 0.15) is 57.4 Å². The molecule has 1 aromatic carbocycles. The summed E-state index contributed by atoms with van der Waals surface area (Å²) in [7, 11) is 1.69. The summed E-state index contributed by atoms with van der Waals surface area (Å²) in [6.45, 7) is 4.87. The van der Waals surface area contributed by atoms with E-state index in [1.165, 1.54) is 6.42 Å². The lowest BCUT2D eigenvalue weighted by molar-refractivity contribution is -0.142. The minimum Gasteiger partial charge on any atom is -0.496 e. The summed E-state index contributed by atoms with van der Waals surface area (Å²) < 4.78 is 11.6. The van der Waals surface area contributed by atoms with E-state index in [0.29, 0.717) is 26.1 Å². The molecule has 1 saturated carbocycles. The summed E-state index contributed by atoms with van der Waals surface area (Å²) in [5, 5.41) is 0. The first kappa shape index (κ1) is 21.2. The monoisotopic (exact) mass is 414 g/mol. The van der Waals surface area contributed by atoms with Crippen molar-refractivity contribution < 1.29 is 19.1 Å². The number of rotatable bonds is 7. The number of hydrogen-bond acceptors (Lipinski definition) is 5. The van der Waals surface area contributed by atoms with Crippen LogP contribution in [0, 0.1) is 5.41 Å². The van der Waals surface area contributed by atoms with Crippen LogP contribution in [0.4, 0.5) is 0 Å². The average Bonchev–Trinajstić information content (AvgIpc) is 2.99. The second-order valence-corrected chi connectivity index (χ2v) is 9.01. The summed E-state index contributed by atoms with van der Waals surface area (Å²) in [6.07, 6.45) is 7.34. The SMILES string of the molecule is CCCN(CCN1C(=O)CC2(CCCCC2)C1=O)C1COc2cccc(OC)c2C1. The second-order valence-electron chi connectivity index (χ2n) is 9.01. The fraction of sp³-hybridized carbons (Fsp3) is 0.667. The van der Waals surface area contributed by atoms with Crippen molar-refractivity contribution in [2.24, 2.45) is 5.41 Å². The molecule has 30 heavy (non-hydrogen) atoms. The van der Waals surface area contributed by atoms with Gasteiger partial charge in [0.1, 0.15) is 18.1 Å². The first-order valence-electron chi connectivity index (χ1n) is 11.5. The zero-order valence-electron chi connectivity index (χ0n) is 18.3. The third kappa shape index (κ3) is 3.94. The number of ether oxygens (including phenoxy) is 2. The van der Waals surface area contributed by atoms with Crippen LogP contribution in [0.15, 0.2) is 18.2 Å². The second kappa shape index (κ2) is 8.96. The van der Waals surface area contributed by atoms with Gasteiger partial charge in [0, 0.05) is 31.1 Å². The van der Waals surface area contributed by atoms with Gasteiger partial charge in [0.25, 0.3) is 0 Å². The molecular formula is C24H34N2O4. The molecule has 164 valence electrons. The van der Waals surface area contributed by atoms with Gasteiger partial charge < -0.3 is 9.47 Å². The molecule has 1 atom stereocenters. The van der Waals surface area contributed by atoms with Crippen LogP contribution in [0.3, 0.4) is 0 Å². The summed E-state index contributed by atoms with van der Waals surface area (Å²) >= 11 is 0. The third-order valence-electron chi connectivity index (χ3n) is 7.12. The number of benzene rings is 1. The minimum atomic E-state index is -0.398. The molecule has 2 aliphatic heterocycles. The van der Waals surface area contributed by atoms with Gasteiger partial charge in [0.15, 0.2) is 0 Å². The minimum absolute atomic E-state index is 0.0188. The molecule has 0 radical (unpaired) electrons. The number of hydrogen-bond donors (Lipinski definition) is 0. The van der Waals surface area contributed by atoms with Crippen LogP contribution in [0.25, 0.3) is 0 Å². The Hall–Kier alpha value is -2.08. The Labute approximate surface area is 179 Å². The molecule has 1 spiro atoms. The molecule has 3 aliphatic rings. The molecule has 0 aromatic heterocycles. The first-order chi connectivity index (χ1) is 14.6. The number of methoxy groups -OCH3 is 1. The molecular weight excluding hydrogens is 380 g/mol. The molecule has 2 amide bonds. The lowest BCUT2D eigenvalue weighted by Gasteiger charge is -2.36. The molecule has 1 saturated heterocycles. The van der Waals surface area contributed by atoms with Crippen molar-refractivity contribution in [3.8, 4) is 11.5 Å². The smallest absolute Gasteiger partial charge is 0.235 e. The van der Waals surface area contributed by atoms with Crippen LogP contribution in [-0.4, -0.2) is 61.0 Å². The molecule has 1 unspecified atom stereocenters. The fourth-order valence-corrected chi connectivity index (χ4v) is 5.49. The quantitative estimate of drug-likeness (QED) is 0.640. The lowest BCUT2D eigenvalue weighted by atomic mass is 9.73. The maximum atomic E-state index is 13.1. The van der Waals surface area contributed by atoms with E-state index >= 15 is 0 Å². The van der Waals surface area contributed by atoms with Crippen LogP contribution in [0.5, 0.6) is 11.5 Å². The van der Waals surface area contributed by atoms with Crippen molar-refractivity contribution in [2.45, 2.75) is 64.3 Å². The molecule has 1 aromatic rings. The number of likely N-dealkylation sites (tertiary alicyclic amines) is 1. The Morgan fingerprint density at radius 2 is 2.00 bits per heavy atom. The number of imide groups is 1. The van der Waals surface area contributed by atoms with E-state index in [1.54, 1.807) is 12.0 Å². The fourth-order valence-electron chi connectivity index (χ4n) is 5.49. The summed E-state index contributed by atoms with van der Waals surface area (Å²) in [5.41, 5.74) is 0.706. The number of carbonyl (C=O) groups excluding carboxylic acids is 2. The number of nitrogens with zero attached hydrogens (tertiary/aromatic N) is 2. The molecule has 6 nitrogen and oxygen atoms in total. The van der Waals surface area contributed by atoms with Gasteiger partial charge >= 0.3 is 0 Å². The van der Waals surface area contributed by atoms with Gasteiger partial charge in [-0.2, -0.15) is 0 Å². The third-order valence-corrected chi connectivity index (χ3v) is 7.12. The number of fused-ring (bicyclic) bond motifs is 1. The molecule has 4 rings (SSSR count). The highest BCUT2D eigenvalue weighted by molar-refractivity contribution is 6.05. The van der Waals surface area contributed by atoms with Gasteiger partial charge in [0.2, 0.25) is 11.8 Å². The van der Waals surface area contributed by atoms with Gasteiger partial charge in [-0.25, -0.2) is 0 Å². The lowest BCUT2D eigenvalue weighted by Crippen LogP contribution is -2.48. The van der Waals surface area contributed by atoms with E-state index in [4.69, 9.17) is 9.47 Å². The standard InChI is InChI=1S/C24H34N2O4/c1-3-12-25(18-15-19-20(29-2)8-7-9-21(19)30-17-18)13-14-26-22(27)16-24(23(26)28)10-5-4-6-11-24/h7-9,18H,3-6,10-17H2,1-2H3. The topological polar surface area (TPSA) is 59.1 Å². The van der Waals surface area contributed by atoms with Crippen molar-refractivity contribution in [1.29, 1.82) is 0 Å². The maximum absolute atomic E-state index is 13.1. The van der Waals surface area contributed by atoms with Gasteiger partial charge in [-0.1, -0.05) is 32.3 Å². The van der Waals surface area contributed by atoms with Crippen molar-refractivity contribution in [3.63, 3.8) is 0 Å². The van der Waals surface area contributed by atoms with Crippen LogP contribution >= 0.6 is 0 Å². The normalized spacial score (nSPS) is 23.0. The zero-order valence-corrected chi connectivity index (χ0v) is 18.3. The Morgan fingerprint density at radius 3 is 2.73 bits per heavy atom. The summed E-state index contributed by atoms with van der Waals surface area (Å²) in [5.74, 6) is 1.85. The van der Waals surface area contributed by atoms with Crippen molar-refractivity contribution in [1.82, 2.24) is 9.80 Å². The van der Waals surface area contributed by atoms with Crippen molar-refractivity contribution >= 4 is 11.8 Å². The average molecular weight is 415 g/mol. The summed E-state index contributed by atoms with van der Waals surface area (Å²) in [6, 6.07) is 6.13. The molecule has 1 aliphatic carbocycles. The molecule has 2 heterocycles. The zero-order chi connectivity index (χ0) is 21.1. The van der Waals surface area contributed by atoms with E-state index in [2.05, 4.69) is 11.8 Å². The van der Waals surface area contributed by atoms with Gasteiger partial charge in [-0.05, 0) is 44.4 Å².